The summed E-state index contributed by atoms with van der Waals surface area (Å²) in [5.74, 6) is -0.182. The van der Waals surface area contributed by atoms with Gasteiger partial charge in [0.1, 0.15) is 0 Å². The van der Waals surface area contributed by atoms with Crippen molar-refractivity contribution in [3.05, 3.63) is 32.3 Å². The van der Waals surface area contributed by atoms with Gasteiger partial charge in [-0.05, 0) is 34.5 Å². The minimum Gasteiger partial charge on any atom is -0.402 e. The molecule has 0 aromatic heterocycles. The predicted molar refractivity (Wildman–Crippen MR) is 55.7 cm³/mol. The summed E-state index contributed by atoms with van der Waals surface area (Å²) in [6, 6.07) is 2.88. The Kier molecular flexibility index (Phi) is 3.25. The largest absolute Gasteiger partial charge is 0.410 e. The molecular formula is C8H7BrN2O4. The van der Waals surface area contributed by atoms with Gasteiger partial charge in [0.25, 0.3) is 0 Å². The van der Waals surface area contributed by atoms with E-state index in [0.717, 1.165) is 0 Å². The number of nitrogens with two attached hydrogens (primary N) is 1. The minimum absolute atomic E-state index is 0.182. The number of amides is 1. The highest BCUT2D eigenvalue weighted by atomic mass is 79.9. The maximum absolute atomic E-state index is 10.7. The molecule has 2 N–H and O–H groups in total. The Bertz CT molecular complexity index is 433. The van der Waals surface area contributed by atoms with E-state index in [0.29, 0.717) is 10.0 Å². The van der Waals surface area contributed by atoms with Gasteiger partial charge in [-0.1, -0.05) is 0 Å². The van der Waals surface area contributed by atoms with E-state index in [1.54, 1.807) is 13.0 Å². The van der Waals surface area contributed by atoms with Gasteiger partial charge in [-0.3, -0.25) is 10.1 Å². The first-order valence-corrected chi connectivity index (χ1v) is 4.63. The van der Waals surface area contributed by atoms with Crippen molar-refractivity contribution in [3.8, 4) is 5.75 Å². The molecule has 80 valence electrons. The Morgan fingerprint density at radius 1 is 1.60 bits per heavy atom. The van der Waals surface area contributed by atoms with E-state index in [1.165, 1.54) is 6.07 Å². The average molecular weight is 275 g/mol. The normalized spacial score (nSPS) is 9.73. The van der Waals surface area contributed by atoms with Crippen LogP contribution in [-0.2, 0) is 0 Å². The van der Waals surface area contributed by atoms with Crippen molar-refractivity contribution in [2.75, 3.05) is 0 Å². The quantitative estimate of drug-likeness (QED) is 0.660. The van der Waals surface area contributed by atoms with Gasteiger partial charge in [0.05, 0.1) is 9.40 Å². The molecule has 1 aromatic rings. The summed E-state index contributed by atoms with van der Waals surface area (Å²) in [4.78, 5) is 20.6. The molecule has 1 aromatic carbocycles. The van der Waals surface area contributed by atoms with Gasteiger partial charge in [-0.2, -0.15) is 0 Å². The van der Waals surface area contributed by atoms with Crippen molar-refractivity contribution in [1.29, 1.82) is 0 Å². The fourth-order valence-electron chi connectivity index (χ4n) is 1.05. The third-order valence-corrected chi connectivity index (χ3v) is 2.16. The number of carbonyl (C=O) groups is 1. The zero-order valence-electron chi connectivity index (χ0n) is 7.69. The molecule has 7 heteroatoms. The number of nitro benzene ring substituents is 1. The number of carbonyl (C=O) groups excluding carboxylic acids is 1. The van der Waals surface area contributed by atoms with Crippen LogP contribution in [0.1, 0.15) is 5.56 Å². The number of ether oxygens (including phenoxy) is 1. The Hall–Kier alpha value is -1.63. The Labute approximate surface area is 93.3 Å². The molecule has 0 fully saturated rings. The topological polar surface area (TPSA) is 95.5 Å². The number of benzene rings is 1. The zero-order chi connectivity index (χ0) is 11.6. The number of hydrogen-bond donors (Lipinski definition) is 1. The molecule has 0 aliphatic carbocycles. The van der Waals surface area contributed by atoms with Crippen LogP contribution in [0, 0.1) is 17.0 Å². The molecule has 0 spiro atoms. The highest BCUT2D eigenvalue weighted by Crippen LogP contribution is 2.36. The van der Waals surface area contributed by atoms with E-state index < -0.39 is 11.0 Å². The fraction of sp³-hybridized carbons (Fsp3) is 0.125. The van der Waals surface area contributed by atoms with Crippen molar-refractivity contribution < 1.29 is 14.5 Å². The van der Waals surface area contributed by atoms with Gasteiger partial charge in [-0.25, -0.2) is 4.79 Å². The maximum atomic E-state index is 10.7. The molecule has 6 nitrogen and oxygen atoms in total. The molecule has 15 heavy (non-hydrogen) atoms. The van der Waals surface area contributed by atoms with Crippen LogP contribution in [0.25, 0.3) is 0 Å². The summed E-state index contributed by atoms with van der Waals surface area (Å²) in [7, 11) is 0. The first-order valence-electron chi connectivity index (χ1n) is 3.83. The lowest BCUT2D eigenvalue weighted by Gasteiger charge is -2.05. The smallest absolute Gasteiger partial charge is 0.402 e. The molecule has 0 saturated heterocycles. The number of nitro groups is 1. The fourth-order valence-corrected chi connectivity index (χ4v) is 1.69. The van der Waals surface area contributed by atoms with E-state index in [-0.39, 0.29) is 11.4 Å². The first-order chi connectivity index (χ1) is 6.91. The molecule has 0 aliphatic heterocycles. The zero-order valence-corrected chi connectivity index (χ0v) is 9.28. The molecule has 0 bridgehead atoms. The number of hydrogen-bond acceptors (Lipinski definition) is 4. The molecule has 1 rings (SSSR count). The second kappa shape index (κ2) is 4.26. The third kappa shape index (κ3) is 2.66. The average Bonchev–Trinajstić information content (AvgIpc) is 2.08. The minimum atomic E-state index is -1.09. The molecular weight excluding hydrogens is 268 g/mol. The van der Waals surface area contributed by atoms with Crippen LogP contribution < -0.4 is 10.5 Å². The second-order valence-electron chi connectivity index (χ2n) is 2.77. The number of rotatable bonds is 2. The van der Waals surface area contributed by atoms with E-state index in [9.17, 15) is 14.9 Å². The van der Waals surface area contributed by atoms with Gasteiger partial charge >= 0.3 is 11.8 Å². The van der Waals surface area contributed by atoms with Gasteiger partial charge in [0, 0.05) is 6.07 Å². The molecule has 0 saturated carbocycles. The second-order valence-corrected chi connectivity index (χ2v) is 3.63. The Balaban J connectivity index is 3.33. The molecule has 0 unspecified atom stereocenters. The van der Waals surface area contributed by atoms with Crippen LogP contribution in [0.3, 0.4) is 0 Å². The summed E-state index contributed by atoms with van der Waals surface area (Å²) in [5.41, 5.74) is 5.16. The highest BCUT2D eigenvalue weighted by molar-refractivity contribution is 9.10. The molecule has 0 atom stereocenters. The van der Waals surface area contributed by atoms with Crippen LogP contribution in [-0.4, -0.2) is 11.0 Å². The van der Waals surface area contributed by atoms with Gasteiger partial charge < -0.3 is 10.5 Å². The number of aryl methyl sites for hydroxylation is 1. The van der Waals surface area contributed by atoms with Crippen LogP contribution in [0.4, 0.5) is 10.5 Å². The van der Waals surface area contributed by atoms with Crippen molar-refractivity contribution in [1.82, 2.24) is 0 Å². The molecule has 0 aliphatic rings. The summed E-state index contributed by atoms with van der Waals surface area (Å²) >= 11 is 3.06. The number of halogens is 1. The molecule has 0 radical (unpaired) electrons. The summed E-state index contributed by atoms with van der Waals surface area (Å²) in [5, 5.41) is 10.7. The molecule has 0 heterocycles. The Morgan fingerprint density at radius 2 is 2.20 bits per heavy atom. The monoisotopic (exact) mass is 274 g/mol. The van der Waals surface area contributed by atoms with E-state index in [2.05, 4.69) is 20.7 Å². The summed E-state index contributed by atoms with van der Waals surface area (Å²) < 4.78 is 4.86. The van der Waals surface area contributed by atoms with Crippen molar-refractivity contribution in [3.63, 3.8) is 0 Å². The maximum Gasteiger partial charge on any atom is 0.410 e. The number of primary amides is 1. The lowest BCUT2D eigenvalue weighted by atomic mass is 10.2. The summed E-state index contributed by atoms with van der Waals surface area (Å²) in [6.45, 7) is 1.69. The Morgan fingerprint density at radius 3 is 2.67 bits per heavy atom. The van der Waals surface area contributed by atoms with Crippen LogP contribution in [0.5, 0.6) is 5.75 Å². The highest BCUT2D eigenvalue weighted by Gasteiger charge is 2.20. The van der Waals surface area contributed by atoms with Crippen LogP contribution in [0.15, 0.2) is 16.6 Å². The molecule has 1 amide bonds. The SMILES string of the molecule is Cc1cc(Br)c(OC(N)=O)c([N+](=O)[O-])c1. The van der Waals surface area contributed by atoms with Crippen molar-refractivity contribution in [2.24, 2.45) is 5.73 Å². The van der Waals surface area contributed by atoms with Gasteiger partial charge in [0.15, 0.2) is 0 Å². The first kappa shape index (κ1) is 11.4. The van der Waals surface area contributed by atoms with E-state index in [1.807, 2.05) is 0 Å². The van der Waals surface area contributed by atoms with Crippen LogP contribution in [0.2, 0.25) is 0 Å². The lowest BCUT2D eigenvalue weighted by Crippen LogP contribution is -2.17. The lowest BCUT2D eigenvalue weighted by molar-refractivity contribution is -0.385. The van der Waals surface area contributed by atoms with Crippen LogP contribution >= 0.6 is 15.9 Å². The van der Waals surface area contributed by atoms with E-state index in [4.69, 9.17) is 5.73 Å². The summed E-state index contributed by atoms with van der Waals surface area (Å²) in [6.07, 6.45) is -1.09. The van der Waals surface area contributed by atoms with Gasteiger partial charge in [-0.15, -0.1) is 0 Å². The van der Waals surface area contributed by atoms with Crippen molar-refractivity contribution >= 4 is 27.7 Å². The standard InChI is InChI=1S/C8H7BrN2O4/c1-4-2-5(9)7(15-8(10)12)6(3-4)11(13)14/h2-3H,1H3,(H2,10,12). The van der Waals surface area contributed by atoms with Crippen molar-refractivity contribution in [2.45, 2.75) is 6.92 Å². The predicted octanol–water partition coefficient (Wildman–Crippen LogP) is 2.12. The third-order valence-electron chi connectivity index (χ3n) is 1.57. The number of nitrogens with zero attached hydrogens (tertiary/aromatic N) is 1. The van der Waals surface area contributed by atoms with Gasteiger partial charge in [0.2, 0.25) is 5.75 Å². The van der Waals surface area contributed by atoms with E-state index >= 15 is 0 Å².